The number of likely N-dealkylation sites (tertiary alicyclic amines) is 1. The number of carbonyl (C=O) groups excluding carboxylic acids is 1. The van der Waals surface area contributed by atoms with Crippen molar-refractivity contribution in [3.63, 3.8) is 0 Å². The largest absolute Gasteiger partial charge is 0.340 e. The number of rotatable bonds is 4. The Balaban J connectivity index is 1.26. The van der Waals surface area contributed by atoms with Crippen molar-refractivity contribution in [2.24, 2.45) is 0 Å². The standard InChI is InChI=1S/C26H35N3OS/c1-20-7-8-22(31-20)19-28-11-9-26(10-12-28)18-21(23-5-3-4-6-24(23)26)17-25(30)29-15-13-27(2)14-16-29/h3-8,21H,9-19H2,1-2H3/t21-/m1/s1. The Morgan fingerprint density at radius 1 is 1.03 bits per heavy atom. The lowest BCUT2D eigenvalue weighted by Gasteiger charge is -2.40. The number of aryl methyl sites for hydroxylation is 1. The first-order valence-electron chi connectivity index (χ1n) is 11.9. The number of nitrogens with zero attached hydrogens (tertiary/aromatic N) is 3. The van der Waals surface area contributed by atoms with Gasteiger partial charge in [0.25, 0.3) is 0 Å². The lowest BCUT2D eigenvalue weighted by atomic mass is 9.73. The van der Waals surface area contributed by atoms with Gasteiger partial charge in [-0.3, -0.25) is 9.69 Å². The first-order chi connectivity index (χ1) is 15.0. The fourth-order valence-electron chi connectivity index (χ4n) is 6.01. The van der Waals surface area contributed by atoms with Crippen molar-refractivity contribution in [2.75, 3.05) is 46.3 Å². The van der Waals surface area contributed by atoms with Gasteiger partial charge in [-0.05, 0) is 80.9 Å². The van der Waals surface area contributed by atoms with E-state index in [1.165, 1.54) is 33.7 Å². The molecule has 31 heavy (non-hydrogen) atoms. The maximum absolute atomic E-state index is 13.1. The Labute approximate surface area is 190 Å². The second-order valence-electron chi connectivity index (χ2n) is 9.95. The van der Waals surface area contributed by atoms with E-state index in [1.54, 1.807) is 0 Å². The van der Waals surface area contributed by atoms with Crippen molar-refractivity contribution in [2.45, 2.75) is 50.5 Å². The molecule has 1 atom stereocenters. The average Bonchev–Trinajstić information content (AvgIpc) is 3.32. The number of fused-ring (bicyclic) bond motifs is 2. The monoisotopic (exact) mass is 437 g/mol. The lowest BCUT2D eigenvalue weighted by molar-refractivity contribution is -0.133. The van der Waals surface area contributed by atoms with E-state index >= 15 is 0 Å². The molecule has 0 radical (unpaired) electrons. The molecule has 0 unspecified atom stereocenters. The van der Waals surface area contributed by atoms with E-state index in [4.69, 9.17) is 0 Å². The highest BCUT2D eigenvalue weighted by molar-refractivity contribution is 7.11. The zero-order valence-electron chi connectivity index (χ0n) is 19.0. The summed E-state index contributed by atoms with van der Waals surface area (Å²) in [5.74, 6) is 0.741. The minimum Gasteiger partial charge on any atom is -0.340 e. The molecule has 0 N–H and O–H groups in total. The maximum Gasteiger partial charge on any atom is 0.223 e. The number of thiophene rings is 1. The highest BCUT2D eigenvalue weighted by Crippen LogP contribution is 2.52. The fourth-order valence-corrected chi connectivity index (χ4v) is 6.94. The molecule has 1 aromatic heterocycles. The summed E-state index contributed by atoms with van der Waals surface area (Å²) in [6.07, 6.45) is 4.26. The summed E-state index contributed by atoms with van der Waals surface area (Å²) in [5.41, 5.74) is 3.26. The molecule has 3 heterocycles. The molecule has 1 aromatic carbocycles. The molecule has 0 bridgehead atoms. The molecule has 166 valence electrons. The van der Waals surface area contributed by atoms with Gasteiger partial charge in [0, 0.05) is 48.9 Å². The number of hydrogen-bond acceptors (Lipinski definition) is 4. The smallest absolute Gasteiger partial charge is 0.223 e. The van der Waals surface area contributed by atoms with E-state index in [2.05, 4.69) is 65.1 Å². The van der Waals surface area contributed by atoms with Gasteiger partial charge in [0.1, 0.15) is 0 Å². The van der Waals surface area contributed by atoms with E-state index < -0.39 is 0 Å². The third-order valence-electron chi connectivity index (χ3n) is 7.87. The van der Waals surface area contributed by atoms with Gasteiger partial charge < -0.3 is 9.80 Å². The van der Waals surface area contributed by atoms with Crippen LogP contribution < -0.4 is 0 Å². The Hall–Kier alpha value is -1.69. The molecule has 5 rings (SSSR count). The summed E-state index contributed by atoms with van der Waals surface area (Å²) >= 11 is 1.93. The van der Waals surface area contributed by atoms with Crippen LogP contribution in [-0.4, -0.2) is 66.9 Å². The Morgan fingerprint density at radius 2 is 1.77 bits per heavy atom. The molecule has 1 aliphatic carbocycles. The fraction of sp³-hybridized carbons (Fsp3) is 0.577. The molecule has 1 amide bonds. The molecular formula is C26H35N3OS. The molecule has 2 saturated heterocycles. The first kappa shape index (κ1) is 21.2. The molecule has 2 fully saturated rings. The number of amides is 1. The van der Waals surface area contributed by atoms with Crippen LogP contribution in [0.3, 0.4) is 0 Å². The molecule has 0 saturated carbocycles. The maximum atomic E-state index is 13.1. The van der Waals surface area contributed by atoms with Crippen LogP contribution in [0.5, 0.6) is 0 Å². The predicted octanol–water partition coefficient (Wildman–Crippen LogP) is 4.24. The third-order valence-corrected chi connectivity index (χ3v) is 8.86. The highest BCUT2D eigenvalue weighted by atomic mass is 32.1. The van der Waals surface area contributed by atoms with Gasteiger partial charge in [-0.25, -0.2) is 0 Å². The van der Waals surface area contributed by atoms with Crippen molar-refractivity contribution < 1.29 is 4.79 Å². The zero-order valence-corrected chi connectivity index (χ0v) is 19.8. The topological polar surface area (TPSA) is 26.8 Å². The quantitative estimate of drug-likeness (QED) is 0.716. The van der Waals surface area contributed by atoms with Crippen LogP contribution in [0.1, 0.15) is 52.5 Å². The van der Waals surface area contributed by atoms with Crippen molar-refractivity contribution >= 4 is 17.2 Å². The second kappa shape index (κ2) is 8.68. The van der Waals surface area contributed by atoms with Gasteiger partial charge >= 0.3 is 0 Å². The molecule has 1 spiro atoms. The van der Waals surface area contributed by atoms with Gasteiger partial charge in [-0.1, -0.05) is 24.3 Å². The van der Waals surface area contributed by atoms with Crippen LogP contribution in [0, 0.1) is 6.92 Å². The van der Waals surface area contributed by atoms with Crippen LogP contribution >= 0.6 is 11.3 Å². The van der Waals surface area contributed by atoms with Gasteiger partial charge in [-0.2, -0.15) is 0 Å². The third kappa shape index (κ3) is 4.33. The molecule has 2 aromatic rings. The van der Waals surface area contributed by atoms with Crippen LogP contribution in [-0.2, 0) is 16.8 Å². The van der Waals surface area contributed by atoms with Crippen LogP contribution in [0.25, 0.3) is 0 Å². The van der Waals surface area contributed by atoms with Crippen LogP contribution in [0.2, 0.25) is 0 Å². The second-order valence-corrected chi connectivity index (χ2v) is 11.3. The van der Waals surface area contributed by atoms with E-state index in [0.717, 1.165) is 52.2 Å². The highest BCUT2D eigenvalue weighted by Gasteiger charge is 2.45. The van der Waals surface area contributed by atoms with Gasteiger partial charge in [-0.15, -0.1) is 11.3 Å². The predicted molar refractivity (Wildman–Crippen MR) is 128 cm³/mol. The normalized spacial score (nSPS) is 23.9. The Kier molecular flexibility index (Phi) is 5.93. The van der Waals surface area contributed by atoms with E-state index in [9.17, 15) is 4.79 Å². The van der Waals surface area contributed by atoms with Gasteiger partial charge in [0.2, 0.25) is 5.91 Å². The van der Waals surface area contributed by atoms with Crippen molar-refractivity contribution in [1.29, 1.82) is 0 Å². The van der Waals surface area contributed by atoms with Crippen molar-refractivity contribution in [3.8, 4) is 0 Å². The lowest BCUT2D eigenvalue weighted by Crippen LogP contribution is -2.47. The Bertz CT molecular complexity index is 922. The summed E-state index contributed by atoms with van der Waals surface area (Å²) < 4.78 is 0. The zero-order chi connectivity index (χ0) is 21.4. The molecule has 4 nitrogen and oxygen atoms in total. The molecule has 3 aliphatic rings. The van der Waals surface area contributed by atoms with Gasteiger partial charge in [0.15, 0.2) is 0 Å². The number of carbonyl (C=O) groups is 1. The SMILES string of the molecule is Cc1ccc(CN2CCC3(CC2)C[C@@H](CC(=O)N2CCN(C)CC2)c2ccccc23)s1. The first-order valence-corrected chi connectivity index (χ1v) is 12.7. The summed E-state index contributed by atoms with van der Waals surface area (Å²) in [7, 11) is 2.14. The summed E-state index contributed by atoms with van der Waals surface area (Å²) in [4.78, 5) is 23.0. The molecule has 2 aliphatic heterocycles. The summed E-state index contributed by atoms with van der Waals surface area (Å²) in [6.45, 7) is 9.35. The Morgan fingerprint density at radius 3 is 2.48 bits per heavy atom. The van der Waals surface area contributed by atoms with E-state index in [1.807, 2.05) is 11.3 Å². The number of likely N-dealkylation sites (N-methyl/N-ethyl adjacent to an activating group) is 1. The minimum absolute atomic E-state index is 0.269. The number of piperidine rings is 1. The van der Waals surface area contributed by atoms with E-state index in [-0.39, 0.29) is 5.41 Å². The summed E-state index contributed by atoms with van der Waals surface area (Å²) in [5, 5.41) is 0. The molecule has 5 heteroatoms. The van der Waals surface area contributed by atoms with Crippen LogP contribution in [0.15, 0.2) is 36.4 Å². The number of hydrogen-bond donors (Lipinski definition) is 0. The van der Waals surface area contributed by atoms with Crippen molar-refractivity contribution in [1.82, 2.24) is 14.7 Å². The summed E-state index contributed by atoms with van der Waals surface area (Å²) in [6, 6.07) is 13.5. The van der Waals surface area contributed by atoms with Crippen molar-refractivity contribution in [3.05, 3.63) is 57.3 Å². The minimum atomic E-state index is 0.269. The van der Waals surface area contributed by atoms with Gasteiger partial charge in [0.05, 0.1) is 0 Å². The van der Waals surface area contributed by atoms with Crippen LogP contribution in [0.4, 0.5) is 0 Å². The van der Waals surface area contributed by atoms with E-state index in [0.29, 0.717) is 18.2 Å². The molecular weight excluding hydrogens is 402 g/mol. The number of piperazine rings is 1. The number of benzene rings is 1. The average molecular weight is 438 g/mol.